The average molecular weight is 543 g/mol. The number of nitrogens with zero attached hydrogens (tertiary/aromatic N) is 2. The number of carbonyl (C=O) groups excluding carboxylic acids is 2. The highest BCUT2D eigenvalue weighted by atomic mass is 35.5. The van der Waals surface area contributed by atoms with Crippen LogP contribution in [-0.2, 0) is 26.2 Å². The number of hydrogen-bond acceptors (Lipinski definition) is 4. The summed E-state index contributed by atoms with van der Waals surface area (Å²) in [6.45, 7) is 10.5. The van der Waals surface area contributed by atoms with Crippen molar-refractivity contribution >= 4 is 50.7 Å². The molecular formula is C25H33Cl2N3O4S. The highest BCUT2D eigenvalue weighted by molar-refractivity contribution is 7.92. The first-order valence-corrected chi connectivity index (χ1v) is 13.7. The first-order chi connectivity index (χ1) is 16.0. The van der Waals surface area contributed by atoms with Crippen LogP contribution in [0.15, 0.2) is 36.4 Å². The van der Waals surface area contributed by atoms with Gasteiger partial charge in [0.05, 0.1) is 22.0 Å². The van der Waals surface area contributed by atoms with Gasteiger partial charge in [-0.2, -0.15) is 0 Å². The van der Waals surface area contributed by atoms with Crippen molar-refractivity contribution < 1.29 is 18.0 Å². The molecule has 0 radical (unpaired) electrons. The van der Waals surface area contributed by atoms with Crippen LogP contribution in [0.5, 0.6) is 0 Å². The van der Waals surface area contributed by atoms with Gasteiger partial charge in [0.15, 0.2) is 0 Å². The largest absolute Gasteiger partial charge is 0.350 e. The number of amides is 2. The summed E-state index contributed by atoms with van der Waals surface area (Å²) in [6.07, 6.45) is 1.05. The Morgan fingerprint density at radius 3 is 2.14 bits per heavy atom. The maximum Gasteiger partial charge on any atom is 0.244 e. The van der Waals surface area contributed by atoms with Gasteiger partial charge in [0.25, 0.3) is 0 Å². The third-order valence-electron chi connectivity index (χ3n) is 5.46. The molecule has 7 nitrogen and oxygen atoms in total. The zero-order chi connectivity index (χ0) is 26.7. The van der Waals surface area contributed by atoms with Gasteiger partial charge in [-0.1, -0.05) is 35.3 Å². The van der Waals surface area contributed by atoms with E-state index >= 15 is 0 Å². The molecule has 0 fully saturated rings. The molecular weight excluding hydrogens is 509 g/mol. The Balaban J connectivity index is 2.45. The molecule has 0 aromatic heterocycles. The maximum absolute atomic E-state index is 13.6. The fourth-order valence-electron chi connectivity index (χ4n) is 3.39. The number of nitrogens with one attached hydrogen (secondary N) is 1. The quantitative estimate of drug-likeness (QED) is 0.524. The van der Waals surface area contributed by atoms with Crippen LogP contribution >= 0.6 is 23.2 Å². The Morgan fingerprint density at radius 1 is 1.00 bits per heavy atom. The van der Waals surface area contributed by atoms with Crippen LogP contribution in [0.25, 0.3) is 0 Å². The number of aryl methyl sites for hydroxylation is 2. The molecule has 0 bridgehead atoms. The van der Waals surface area contributed by atoms with Gasteiger partial charge in [0, 0.05) is 12.1 Å². The summed E-state index contributed by atoms with van der Waals surface area (Å²) in [4.78, 5) is 27.9. The lowest BCUT2D eigenvalue weighted by Crippen LogP contribution is -2.54. The van der Waals surface area contributed by atoms with Crippen molar-refractivity contribution in [3.05, 3.63) is 63.1 Å². The van der Waals surface area contributed by atoms with Crippen LogP contribution < -0.4 is 9.62 Å². The van der Waals surface area contributed by atoms with Gasteiger partial charge < -0.3 is 10.2 Å². The molecule has 192 valence electrons. The van der Waals surface area contributed by atoms with E-state index in [1.54, 1.807) is 43.3 Å². The summed E-state index contributed by atoms with van der Waals surface area (Å²) in [5.41, 5.74) is 2.42. The summed E-state index contributed by atoms with van der Waals surface area (Å²) in [6, 6.07) is 9.26. The minimum Gasteiger partial charge on any atom is -0.350 e. The van der Waals surface area contributed by atoms with Crippen LogP contribution in [0.2, 0.25) is 10.0 Å². The molecule has 0 saturated heterocycles. The SMILES string of the molecule is Cc1ccc(N(CC(=O)N(Cc2ccc(Cl)c(Cl)c2)[C@H](C)C(=O)NC(C)(C)C)S(C)(=O)=O)cc1C. The molecule has 1 N–H and O–H groups in total. The molecule has 0 heterocycles. The molecule has 2 amide bonds. The Bertz CT molecular complexity index is 1210. The number of carbonyl (C=O) groups is 2. The number of halogens is 2. The smallest absolute Gasteiger partial charge is 0.244 e. The Hall–Kier alpha value is -2.29. The zero-order valence-electron chi connectivity index (χ0n) is 21.1. The van der Waals surface area contributed by atoms with E-state index in [2.05, 4.69) is 5.32 Å². The molecule has 10 heteroatoms. The lowest BCUT2D eigenvalue weighted by Gasteiger charge is -2.33. The van der Waals surface area contributed by atoms with E-state index < -0.39 is 34.1 Å². The van der Waals surface area contributed by atoms with Gasteiger partial charge in [-0.25, -0.2) is 8.42 Å². The van der Waals surface area contributed by atoms with E-state index in [0.717, 1.165) is 21.7 Å². The van der Waals surface area contributed by atoms with Gasteiger partial charge in [0.2, 0.25) is 21.8 Å². The predicted octanol–water partition coefficient (Wildman–Crippen LogP) is 4.71. The van der Waals surface area contributed by atoms with E-state index in [4.69, 9.17) is 23.2 Å². The Labute approximate surface area is 218 Å². The summed E-state index contributed by atoms with van der Waals surface area (Å²) >= 11 is 12.2. The van der Waals surface area contributed by atoms with Crippen LogP contribution in [0.3, 0.4) is 0 Å². The second kappa shape index (κ2) is 11.2. The Kier molecular flexibility index (Phi) is 9.25. The fraction of sp³-hybridized carbons (Fsp3) is 0.440. The molecule has 2 rings (SSSR count). The van der Waals surface area contributed by atoms with Crippen LogP contribution in [0, 0.1) is 13.8 Å². The third-order valence-corrected chi connectivity index (χ3v) is 7.34. The number of benzene rings is 2. The molecule has 0 aliphatic rings. The minimum absolute atomic E-state index is 0.0407. The minimum atomic E-state index is -3.79. The lowest BCUT2D eigenvalue weighted by molar-refractivity contribution is -0.140. The van der Waals surface area contributed by atoms with Gasteiger partial charge in [-0.3, -0.25) is 13.9 Å². The third kappa shape index (κ3) is 8.12. The van der Waals surface area contributed by atoms with Crippen LogP contribution in [0.1, 0.15) is 44.4 Å². The van der Waals surface area contributed by atoms with E-state index in [0.29, 0.717) is 21.3 Å². The molecule has 2 aromatic rings. The highest BCUT2D eigenvalue weighted by Crippen LogP contribution is 2.25. The number of anilines is 1. The fourth-order valence-corrected chi connectivity index (χ4v) is 4.55. The lowest BCUT2D eigenvalue weighted by atomic mass is 10.1. The molecule has 0 aliphatic heterocycles. The predicted molar refractivity (Wildman–Crippen MR) is 142 cm³/mol. The number of rotatable bonds is 8. The maximum atomic E-state index is 13.6. The van der Waals surface area contributed by atoms with E-state index in [-0.39, 0.29) is 12.5 Å². The first kappa shape index (κ1) is 28.9. The topological polar surface area (TPSA) is 86.8 Å². The normalized spacial score (nSPS) is 12.7. The number of sulfonamides is 1. The average Bonchev–Trinajstić information content (AvgIpc) is 2.72. The van der Waals surface area contributed by atoms with Gasteiger partial charge in [-0.15, -0.1) is 0 Å². The highest BCUT2D eigenvalue weighted by Gasteiger charge is 2.31. The molecule has 2 aromatic carbocycles. The van der Waals surface area contributed by atoms with E-state index in [1.165, 1.54) is 4.90 Å². The second-order valence-corrected chi connectivity index (χ2v) is 12.4. The van der Waals surface area contributed by atoms with Crippen LogP contribution in [-0.4, -0.2) is 49.5 Å². The molecule has 0 saturated carbocycles. The number of hydrogen-bond donors (Lipinski definition) is 1. The van der Waals surface area contributed by atoms with Gasteiger partial charge in [-0.05, 0) is 82.5 Å². The van der Waals surface area contributed by atoms with Gasteiger partial charge >= 0.3 is 0 Å². The summed E-state index contributed by atoms with van der Waals surface area (Å²) in [7, 11) is -3.79. The van der Waals surface area contributed by atoms with Crippen molar-refractivity contribution in [3.63, 3.8) is 0 Å². The van der Waals surface area contributed by atoms with Crippen molar-refractivity contribution in [2.45, 2.75) is 59.7 Å². The monoisotopic (exact) mass is 541 g/mol. The van der Waals surface area contributed by atoms with Crippen molar-refractivity contribution in [2.75, 3.05) is 17.1 Å². The first-order valence-electron chi connectivity index (χ1n) is 11.1. The van der Waals surface area contributed by atoms with Gasteiger partial charge in [0.1, 0.15) is 12.6 Å². The van der Waals surface area contributed by atoms with E-state index in [9.17, 15) is 18.0 Å². The molecule has 1 atom stereocenters. The summed E-state index contributed by atoms with van der Waals surface area (Å²) in [5, 5.41) is 3.56. The molecule has 0 aliphatic carbocycles. The van der Waals surface area contributed by atoms with E-state index in [1.807, 2.05) is 34.6 Å². The molecule has 35 heavy (non-hydrogen) atoms. The summed E-state index contributed by atoms with van der Waals surface area (Å²) in [5.74, 6) is -0.890. The summed E-state index contributed by atoms with van der Waals surface area (Å²) < 4.78 is 26.4. The second-order valence-electron chi connectivity index (χ2n) is 9.72. The zero-order valence-corrected chi connectivity index (χ0v) is 23.5. The van der Waals surface area contributed by atoms with Crippen molar-refractivity contribution in [2.24, 2.45) is 0 Å². The molecule has 0 spiro atoms. The van der Waals surface area contributed by atoms with Crippen LogP contribution in [0.4, 0.5) is 5.69 Å². The standard InChI is InChI=1S/C25H33Cl2N3O4S/c1-16-8-10-20(12-17(16)2)30(35(7,33)34)15-23(31)29(18(3)24(32)28-25(4,5)6)14-19-9-11-21(26)22(27)13-19/h8-13,18H,14-15H2,1-7H3,(H,28,32)/t18-/m1/s1. The van der Waals surface area contributed by atoms with Crippen molar-refractivity contribution in [3.8, 4) is 0 Å². The van der Waals surface area contributed by atoms with Crippen molar-refractivity contribution in [1.29, 1.82) is 0 Å². The van der Waals surface area contributed by atoms with Crippen molar-refractivity contribution in [1.82, 2.24) is 10.2 Å². The Morgan fingerprint density at radius 2 is 1.63 bits per heavy atom. The molecule has 0 unspecified atom stereocenters.